The zero-order valence-corrected chi connectivity index (χ0v) is 12.8. The number of hydrogen-bond acceptors (Lipinski definition) is 5. The molecular formula is C11H16N2O6S2. The van der Waals surface area contributed by atoms with Gasteiger partial charge in [-0.3, -0.25) is 4.79 Å². The van der Waals surface area contributed by atoms with Crippen LogP contribution in [0.25, 0.3) is 0 Å². The minimum Gasteiger partial charge on any atom is -0.480 e. The third kappa shape index (κ3) is 5.08. The summed E-state index contributed by atoms with van der Waals surface area (Å²) in [4.78, 5) is 10.6. The topological polar surface area (TPSA) is 144 Å². The first-order valence-corrected chi connectivity index (χ1v) is 8.96. The molecule has 0 heterocycles. The Morgan fingerprint density at radius 1 is 1.24 bits per heavy atom. The van der Waals surface area contributed by atoms with Gasteiger partial charge in [0.2, 0.25) is 20.0 Å². The highest BCUT2D eigenvalue weighted by Gasteiger charge is 2.26. The quantitative estimate of drug-likeness (QED) is 0.599. The summed E-state index contributed by atoms with van der Waals surface area (Å²) in [7, 11) is -7.69. The van der Waals surface area contributed by atoms with Crippen LogP contribution in [0.5, 0.6) is 0 Å². The third-order valence-electron chi connectivity index (χ3n) is 2.78. The first-order valence-electron chi connectivity index (χ1n) is 5.87. The maximum absolute atomic E-state index is 11.6. The van der Waals surface area contributed by atoms with E-state index >= 15 is 0 Å². The SMILES string of the molecule is CC(C(=O)O)S(=O)(=O)NCCc1ccc(S(N)(=O)=O)cc1. The van der Waals surface area contributed by atoms with Crippen molar-refractivity contribution in [2.75, 3.05) is 6.54 Å². The van der Waals surface area contributed by atoms with Gasteiger partial charge in [-0.2, -0.15) is 0 Å². The van der Waals surface area contributed by atoms with Crippen LogP contribution in [0.3, 0.4) is 0 Å². The smallest absolute Gasteiger partial charge is 0.323 e. The average molecular weight is 336 g/mol. The van der Waals surface area contributed by atoms with Crippen LogP contribution in [-0.4, -0.2) is 39.7 Å². The third-order valence-corrected chi connectivity index (χ3v) is 5.45. The van der Waals surface area contributed by atoms with Gasteiger partial charge in [-0.25, -0.2) is 26.7 Å². The molecular weight excluding hydrogens is 320 g/mol. The maximum Gasteiger partial charge on any atom is 0.323 e. The standard InChI is InChI=1S/C11H16N2O6S2/c1-8(11(14)15)21(18,19)13-7-6-9-2-4-10(5-3-9)20(12,16)17/h2-5,8,13H,6-7H2,1H3,(H,14,15)(H2,12,16,17). The molecule has 0 fully saturated rings. The fourth-order valence-electron chi connectivity index (χ4n) is 1.44. The second-order valence-corrected chi connectivity index (χ2v) is 8.01. The first kappa shape index (κ1) is 17.6. The van der Waals surface area contributed by atoms with E-state index in [0.717, 1.165) is 6.92 Å². The second-order valence-electron chi connectivity index (χ2n) is 4.36. The van der Waals surface area contributed by atoms with Gasteiger partial charge in [-0.15, -0.1) is 0 Å². The molecule has 0 spiro atoms. The van der Waals surface area contributed by atoms with E-state index in [1.165, 1.54) is 24.3 Å². The molecule has 4 N–H and O–H groups in total. The molecule has 0 bridgehead atoms. The van der Waals surface area contributed by atoms with E-state index in [0.29, 0.717) is 5.56 Å². The number of carboxylic acids is 1. The van der Waals surface area contributed by atoms with Crippen molar-refractivity contribution >= 4 is 26.0 Å². The van der Waals surface area contributed by atoms with Crippen LogP contribution in [0.2, 0.25) is 0 Å². The summed E-state index contributed by atoms with van der Waals surface area (Å²) in [5.41, 5.74) is 0.688. The molecule has 0 amide bonds. The summed E-state index contributed by atoms with van der Waals surface area (Å²) in [6.45, 7) is 1.08. The Bertz CT molecular complexity index is 710. The Hall–Kier alpha value is -1.49. The Labute approximate surface area is 123 Å². The number of nitrogens with two attached hydrogens (primary N) is 1. The summed E-state index contributed by atoms with van der Waals surface area (Å²) in [5.74, 6) is -1.43. The van der Waals surface area contributed by atoms with Gasteiger partial charge in [-0.1, -0.05) is 12.1 Å². The van der Waals surface area contributed by atoms with Gasteiger partial charge in [0, 0.05) is 6.54 Å². The number of hydrogen-bond donors (Lipinski definition) is 3. The van der Waals surface area contributed by atoms with Crippen LogP contribution in [-0.2, 0) is 31.3 Å². The molecule has 0 aliphatic rings. The van der Waals surface area contributed by atoms with E-state index in [-0.39, 0.29) is 17.9 Å². The van der Waals surface area contributed by atoms with Gasteiger partial charge >= 0.3 is 5.97 Å². The normalized spacial score (nSPS) is 13.8. The molecule has 0 aliphatic heterocycles. The number of benzene rings is 1. The molecule has 1 aromatic rings. The number of aliphatic carboxylic acids is 1. The van der Waals surface area contributed by atoms with Crippen LogP contribution in [0.15, 0.2) is 29.2 Å². The average Bonchev–Trinajstić information content (AvgIpc) is 2.37. The zero-order chi connectivity index (χ0) is 16.3. The number of sulfonamides is 2. The lowest BCUT2D eigenvalue weighted by molar-refractivity contribution is -0.136. The summed E-state index contributed by atoms with van der Waals surface area (Å²) in [6, 6.07) is 5.65. The van der Waals surface area contributed by atoms with Crippen LogP contribution in [0.4, 0.5) is 0 Å². The summed E-state index contributed by atoms with van der Waals surface area (Å²) >= 11 is 0. The molecule has 0 aromatic heterocycles. The Morgan fingerprint density at radius 2 is 1.76 bits per heavy atom. The van der Waals surface area contributed by atoms with Crippen LogP contribution in [0, 0.1) is 0 Å². The lowest BCUT2D eigenvalue weighted by Gasteiger charge is -2.10. The predicted octanol–water partition coefficient (Wildman–Crippen LogP) is -0.731. The second kappa shape index (κ2) is 6.52. The first-order chi connectivity index (χ1) is 9.54. The molecule has 0 saturated heterocycles. The molecule has 1 atom stereocenters. The fourth-order valence-corrected chi connectivity index (χ4v) is 2.86. The molecule has 0 aliphatic carbocycles. The van der Waals surface area contributed by atoms with Gasteiger partial charge in [-0.05, 0) is 31.0 Å². The molecule has 1 aromatic carbocycles. The van der Waals surface area contributed by atoms with Gasteiger partial charge < -0.3 is 5.11 Å². The van der Waals surface area contributed by atoms with Gasteiger partial charge in [0.05, 0.1) is 4.90 Å². The number of primary sulfonamides is 1. The van der Waals surface area contributed by atoms with Crippen LogP contribution < -0.4 is 9.86 Å². The number of nitrogens with one attached hydrogen (secondary N) is 1. The highest BCUT2D eigenvalue weighted by atomic mass is 32.2. The molecule has 118 valence electrons. The molecule has 8 nitrogen and oxygen atoms in total. The largest absolute Gasteiger partial charge is 0.480 e. The van der Waals surface area contributed by atoms with E-state index in [1.54, 1.807) is 0 Å². The maximum atomic E-state index is 11.6. The minimum absolute atomic E-state index is 0.00861. The van der Waals surface area contributed by atoms with Crippen molar-refractivity contribution in [3.63, 3.8) is 0 Å². The lowest BCUT2D eigenvalue weighted by atomic mass is 10.2. The van der Waals surface area contributed by atoms with Crippen molar-refractivity contribution in [3.05, 3.63) is 29.8 Å². The fraction of sp³-hybridized carbons (Fsp3) is 0.364. The van der Waals surface area contributed by atoms with Crippen LogP contribution in [0.1, 0.15) is 12.5 Å². The minimum atomic E-state index is -3.93. The molecule has 0 radical (unpaired) electrons. The zero-order valence-electron chi connectivity index (χ0n) is 11.2. The molecule has 1 rings (SSSR count). The monoisotopic (exact) mass is 336 g/mol. The summed E-state index contributed by atoms with van der Waals surface area (Å²) in [6.07, 6.45) is 0.288. The van der Waals surface area contributed by atoms with E-state index in [1.807, 2.05) is 0 Å². The van der Waals surface area contributed by atoms with E-state index < -0.39 is 31.3 Å². The summed E-state index contributed by atoms with van der Waals surface area (Å²) < 4.78 is 47.4. The number of rotatable bonds is 7. The van der Waals surface area contributed by atoms with E-state index in [4.69, 9.17) is 10.2 Å². The Kier molecular flexibility index (Phi) is 5.45. The van der Waals surface area contributed by atoms with E-state index in [2.05, 4.69) is 4.72 Å². The highest BCUT2D eigenvalue weighted by Crippen LogP contribution is 2.09. The highest BCUT2D eigenvalue weighted by molar-refractivity contribution is 7.90. The van der Waals surface area contributed by atoms with Crippen molar-refractivity contribution in [1.82, 2.24) is 4.72 Å². The van der Waals surface area contributed by atoms with Crippen molar-refractivity contribution in [2.24, 2.45) is 5.14 Å². The lowest BCUT2D eigenvalue weighted by Crippen LogP contribution is -2.38. The van der Waals surface area contributed by atoms with Crippen LogP contribution >= 0.6 is 0 Å². The molecule has 0 saturated carbocycles. The van der Waals surface area contributed by atoms with Crippen molar-refractivity contribution in [2.45, 2.75) is 23.5 Å². The predicted molar refractivity (Wildman–Crippen MR) is 75.5 cm³/mol. The van der Waals surface area contributed by atoms with Crippen molar-refractivity contribution in [1.29, 1.82) is 0 Å². The Balaban J connectivity index is 2.63. The summed E-state index contributed by atoms with van der Waals surface area (Å²) in [5, 5.41) is 12.1. The Morgan fingerprint density at radius 3 is 2.19 bits per heavy atom. The van der Waals surface area contributed by atoms with Crippen molar-refractivity contribution < 1.29 is 26.7 Å². The van der Waals surface area contributed by atoms with Gasteiger partial charge in [0.15, 0.2) is 5.25 Å². The van der Waals surface area contributed by atoms with Gasteiger partial charge in [0.25, 0.3) is 0 Å². The molecule has 1 unspecified atom stereocenters. The number of carbonyl (C=O) groups is 1. The van der Waals surface area contributed by atoms with E-state index in [9.17, 15) is 21.6 Å². The molecule has 10 heteroatoms. The van der Waals surface area contributed by atoms with Crippen molar-refractivity contribution in [3.8, 4) is 0 Å². The molecule has 21 heavy (non-hydrogen) atoms. The number of carboxylic acid groups (broad SMARTS) is 1. The van der Waals surface area contributed by atoms with Gasteiger partial charge in [0.1, 0.15) is 0 Å².